The molecule has 4 aliphatic rings. The van der Waals surface area contributed by atoms with E-state index in [9.17, 15) is 41.9 Å². The number of halogens is 3. The summed E-state index contributed by atoms with van der Waals surface area (Å²) in [6.45, 7) is -1.24. The summed E-state index contributed by atoms with van der Waals surface area (Å²) in [4.78, 5) is 69.3. The van der Waals surface area contributed by atoms with Gasteiger partial charge in [-0.05, 0) is 67.3 Å². The van der Waals surface area contributed by atoms with Gasteiger partial charge < -0.3 is 34.5 Å². The molecule has 0 spiro atoms. The Balaban J connectivity index is 0.992. The van der Waals surface area contributed by atoms with Gasteiger partial charge >= 0.3 is 14.2 Å². The average Bonchev–Trinajstić information content (AvgIpc) is 3.61. The summed E-state index contributed by atoms with van der Waals surface area (Å²) in [6.07, 6.45) is 5.87. The molecule has 49 heavy (non-hydrogen) atoms. The summed E-state index contributed by atoms with van der Waals surface area (Å²) in [5.74, 6) is -3.41. The molecule has 6 heterocycles. The molecule has 0 bridgehead atoms. The van der Waals surface area contributed by atoms with E-state index in [0.29, 0.717) is 68.4 Å². The lowest BCUT2D eigenvalue weighted by Crippen LogP contribution is -2.59. The van der Waals surface area contributed by atoms with Crippen LogP contribution in [-0.4, -0.2) is 99.3 Å². The molecular formula is C32H35F3N5O7PS. The van der Waals surface area contributed by atoms with Gasteiger partial charge in [-0.25, -0.2) is 4.39 Å². The smallest absolute Gasteiger partial charge is 0.363 e. The maximum Gasteiger partial charge on any atom is 0.363 e. The molecular weight excluding hydrogens is 686 g/mol. The zero-order valence-electron chi connectivity index (χ0n) is 26.2. The van der Waals surface area contributed by atoms with Crippen molar-refractivity contribution in [1.82, 2.24) is 20.1 Å². The molecule has 2 aromatic heterocycles. The predicted molar refractivity (Wildman–Crippen MR) is 173 cm³/mol. The van der Waals surface area contributed by atoms with Crippen LogP contribution < -0.4 is 10.2 Å². The van der Waals surface area contributed by atoms with Gasteiger partial charge in [-0.15, -0.1) is 11.3 Å². The number of hydrogen-bond acceptors (Lipinski definition) is 8. The largest absolute Gasteiger partial charge is 0.366 e. The number of anilines is 1. The Morgan fingerprint density at radius 3 is 2.55 bits per heavy atom. The SMILES string of the molecule is O=C(N[C@H]1CCC[C@H]2CC[C@@H](C(=O)N3CC(c4cnccc4N4CC(OC(F)F)C4)C3)N2C1=O)c1cc2cc([C@@H](F)P(=O)(O)O)ccc2s1. The van der Waals surface area contributed by atoms with E-state index >= 15 is 0 Å². The van der Waals surface area contributed by atoms with E-state index in [1.807, 2.05) is 11.0 Å². The highest BCUT2D eigenvalue weighted by Gasteiger charge is 2.48. The van der Waals surface area contributed by atoms with E-state index in [0.717, 1.165) is 22.6 Å². The van der Waals surface area contributed by atoms with Crippen molar-refractivity contribution in [3.05, 3.63) is 58.7 Å². The molecule has 262 valence electrons. The summed E-state index contributed by atoms with van der Waals surface area (Å²) in [5, 5.41) is 3.29. The van der Waals surface area contributed by atoms with Gasteiger partial charge in [-0.3, -0.25) is 23.9 Å². The number of fused-ring (bicyclic) bond motifs is 2. The predicted octanol–water partition coefficient (Wildman–Crippen LogP) is 4.14. The highest BCUT2D eigenvalue weighted by atomic mass is 32.1. The fourth-order valence-electron chi connectivity index (χ4n) is 7.42. The van der Waals surface area contributed by atoms with Crippen LogP contribution in [0.4, 0.5) is 18.9 Å². The highest BCUT2D eigenvalue weighted by Crippen LogP contribution is 2.53. The van der Waals surface area contributed by atoms with Crippen LogP contribution in [0.15, 0.2) is 42.7 Å². The Morgan fingerprint density at radius 1 is 1.04 bits per heavy atom. The average molecular weight is 722 g/mol. The van der Waals surface area contributed by atoms with Crippen molar-refractivity contribution < 1.29 is 46.6 Å². The standard InChI is InChI=1S/C32H35F3N5O7PS/c33-28(48(44,45)46)17-4-7-26-18(10-17)11-27(49-26)29(41)37-23-3-1-2-20-5-6-25(40(20)30(23)42)31(43)39-13-19(14-39)22-12-36-9-8-24(22)38-15-21(16-38)47-32(34)35/h4,7-12,19-21,23,25,28,32H,1-3,5-6,13-16H2,(H,37,41)(H2,44,45,46)/t20-,23-,25-,28-/m0/s1. The van der Waals surface area contributed by atoms with Crippen molar-refractivity contribution in [3.63, 3.8) is 0 Å². The number of rotatable bonds is 9. The van der Waals surface area contributed by atoms with Gasteiger partial charge in [0.15, 0.2) is 0 Å². The number of likely N-dealkylation sites (tertiary alicyclic amines) is 1. The maximum atomic E-state index is 14.3. The molecule has 3 N–H and O–H groups in total. The Bertz CT molecular complexity index is 1810. The summed E-state index contributed by atoms with van der Waals surface area (Å²) in [7, 11) is -5.00. The molecule has 0 saturated carbocycles. The minimum Gasteiger partial charge on any atom is -0.366 e. The first-order valence-electron chi connectivity index (χ1n) is 16.1. The second-order valence-electron chi connectivity index (χ2n) is 13.1. The van der Waals surface area contributed by atoms with Gasteiger partial charge in [0.2, 0.25) is 17.7 Å². The summed E-state index contributed by atoms with van der Waals surface area (Å²) in [5.41, 5.74) is 1.63. The zero-order valence-corrected chi connectivity index (χ0v) is 27.9. The minimum atomic E-state index is -5.00. The van der Waals surface area contributed by atoms with Gasteiger partial charge in [-0.2, -0.15) is 8.78 Å². The van der Waals surface area contributed by atoms with Crippen molar-refractivity contribution in [2.75, 3.05) is 31.1 Å². The van der Waals surface area contributed by atoms with Crippen LogP contribution in [0.3, 0.4) is 0 Å². The second-order valence-corrected chi connectivity index (χ2v) is 15.8. The molecule has 3 amide bonds. The highest BCUT2D eigenvalue weighted by molar-refractivity contribution is 7.51. The van der Waals surface area contributed by atoms with Gasteiger partial charge in [0.25, 0.3) is 5.91 Å². The number of amides is 3. The van der Waals surface area contributed by atoms with Crippen LogP contribution >= 0.6 is 18.9 Å². The molecule has 12 nitrogen and oxygen atoms in total. The van der Waals surface area contributed by atoms with Crippen molar-refractivity contribution in [2.45, 2.75) is 74.8 Å². The lowest BCUT2D eigenvalue weighted by molar-refractivity contribution is -0.167. The number of carbonyl (C=O) groups is 3. The summed E-state index contributed by atoms with van der Waals surface area (Å²) >= 11 is 1.12. The van der Waals surface area contributed by atoms with Gasteiger partial charge in [-0.1, -0.05) is 6.07 Å². The molecule has 17 heteroatoms. The Hall–Kier alpha value is -3.56. The fraction of sp³-hybridized carbons (Fsp3) is 0.500. The van der Waals surface area contributed by atoms with Crippen LogP contribution in [0, 0.1) is 0 Å². The third-order valence-corrected chi connectivity index (χ3v) is 12.0. The number of alkyl halides is 3. The number of hydrogen-bond donors (Lipinski definition) is 3. The molecule has 3 aromatic rings. The van der Waals surface area contributed by atoms with Crippen LogP contribution in [0.1, 0.15) is 64.7 Å². The Morgan fingerprint density at radius 2 is 1.82 bits per heavy atom. The third-order valence-electron chi connectivity index (χ3n) is 9.96. The lowest BCUT2D eigenvalue weighted by atomic mass is 9.89. The van der Waals surface area contributed by atoms with Gasteiger partial charge in [0.05, 0.1) is 11.0 Å². The van der Waals surface area contributed by atoms with Crippen molar-refractivity contribution >= 4 is 52.4 Å². The second kappa shape index (κ2) is 13.3. The first-order valence-corrected chi connectivity index (χ1v) is 18.6. The van der Waals surface area contributed by atoms with E-state index in [4.69, 9.17) is 0 Å². The van der Waals surface area contributed by atoms with E-state index in [1.54, 1.807) is 22.2 Å². The number of thiophene rings is 1. The molecule has 4 atom stereocenters. The number of aromatic nitrogens is 1. The van der Waals surface area contributed by atoms with E-state index < -0.39 is 44.2 Å². The molecule has 7 rings (SSSR count). The van der Waals surface area contributed by atoms with Crippen LogP contribution in [0.25, 0.3) is 10.1 Å². The summed E-state index contributed by atoms with van der Waals surface area (Å²) in [6, 6.07) is 5.83. The van der Waals surface area contributed by atoms with E-state index in [1.165, 1.54) is 24.3 Å². The monoisotopic (exact) mass is 721 g/mol. The third kappa shape index (κ3) is 6.68. The molecule has 0 radical (unpaired) electrons. The maximum absolute atomic E-state index is 14.3. The topological polar surface area (TPSA) is 153 Å². The molecule has 4 fully saturated rings. The molecule has 0 aliphatic carbocycles. The number of nitrogens with one attached hydrogen (secondary N) is 1. The van der Waals surface area contributed by atoms with Gasteiger partial charge in [0.1, 0.15) is 12.1 Å². The van der Waals surface area contributed by atoms with E-state index in [-0.39, 0.29) is 34.2 Å². The van der Waals surface area contributed by atoms with Crippen LogP contribution in [0.2, 0.25) is 0 Å². The Kier molecular flexibility index (Phi) is 9.20. The minimum absolute atomic E-state index is 0.0109. The first kappa shape index (κ1) is 33.9. The van der Waals surface area contributed by atoms with Crippen molar-refractivity contribution in [1.29, 1.82) is 0 Å². The number of benzene rings is 1. The zero-order chi connectivity index (χ0) is 34.6. The van der Waals surface area contributed by atoms with Crippen LogP contribution in [0.5, 0.6) is 0 Å². The Labute approximate surface area is 283 Å². The van der Waals surface area contributed by atoms with Crippen LogP contribution in [-0.2, 0) is 18.9 Å². The van der Waals surface area contributed by atoms with Crippen molar-refractivity contribution in [2.24, 2.45) is 0 Å². The number of nitrogens with zero attached hydrogens (tertiary/aromatic N) is 4. The quantitative estimate of drug-likeness (QED) is 0.277. The summed E-state index contributed by atoms with van der Waals surface area (Å²) < 4.78 is 56.0. The fourth-order valence-corrected chi connectivity index (χ4v) is 8.91. The normalized spacial score (nSPS) is 24.1. The molecule has 4 saturated heterocycles. The van der Waals surface area contributed by atoms with Gasteiger partial charge in [0, 0.05) is 66.5 Å². The van der Waals surface area contributed by atoms with Crippen molar-refractivity contribution in [3.8, 4) is 0 Å². The van der Waals surface area contributed by atoms with E-state index in [2.05, 4.69) is 15.0 Å². The first-order chi connectivity index (χ1) is 23.4. The molecule has 0 unspecified atom stereocenters. The number of carbonyl (C=O) groups excluding carboxylic acids is 3. The molecule has 1 aromatic carbocycles. The number of pyridine rings is 1. The number of ether oxygens (including phenoxy) is 1. The molecule has 4 aliphatic heterocycles. The lowest BCUT2D eigenvalue weighted by Gasteiger charge is -2.46.